The highest BCUT2D eigenvalue weighted by Crippen LogP contribution is 2.36. The van der Waals surface area contributed by atoms with Crippen molar-refractivity contribution >= 4 is 21.8 Å². The molecule has 5 atom stereocenters. The molecule has 3 fully saturated rings. The molecular weight excluding hydrogens is 632 g/mol. The zero-order valence-electron chi connectivity index (χ0n) is 28.5. The molecule has 0 radical (unpaired) electrons. The molecule has 268 valence electrons. The smallest absolute Gasteiger partial charge is 0.243 e. The number of aliphatic hydroxyl groups excluding tert-OH is 2. The minimum atomic E-state index is -3.83. The summed E-state index contributed by atoms with van der Waals surface area (Å²) in [6.07, 6.45) is 11.8. The van der Waals surface area contributed by atoms with Gasteiger partial charge in [-0.05, 0) is 56.0 Å². The maximum atomic E-state index is 13.8. The van der Waals surface area contributed by atoms with Gasteiger partial charge in [-0.15, -0.1) is 12.3 Å². The molecule has 2 aliphatic carbocycles. The van der Waals surface area contributed by atoms with Crippen molar-refractivity contribution in [2.75, 3.05) is 52.2 Å². The number of amides is 2. The molecule has 1 saturated heterocycles. The van der Waals surface area contributed by atoms with E-state index in [9.17, 15) is 28.2 Å². The van der Waals surface area contributed by atoms with E-state index in [4.69, 9.17) is 11.2 Å². The van der Waals surface area contributed by atoms with Crippen LogP contribution in [-0.2, 0) is 30.8 Å². The third-order valence-electron chi connectivity index (χ3n) is 10.1. The number of hydrogen-bond donors (Lipinski definition) is 4. The Labute approximate surface area is 287 Å². The fraction of sp³-hybridized carbons (Fsp3) is 0.722. The lowest BCUT2D eigenvalue weighted by Gasteiger charge is -2.33. The van der Waals surface area contributed by atoms with Crippen molar-refractivity contribution in [3.63, 3.8) is 0 Å². The van der Waals surface area contributed by atoms with E-state index >= 15 is 0 Å². The quantitative estimate of drug-likeness (QED) is 0.161. The Morgan fingerprint density at radius 3 is 2.38 bits per heavy atom. The van der Waals surface area contributed by atoms with Crippen molar-refractivity contribution in [3.8, 4) is 12.3 Å². The fourth-order valence-electron chi connectivity index (χ4n) is 6.91. The van der Waals surface area contributed by atoms with E-state index < -0.39 is 57.8 Å². The molecule has 1 heterocycles. The topological polar surface area (TPSA) is 149 Å². The predicted octanol–water partition coefficient (Wildman–Crippen LogP) is 1.92. The summed E-state index contributed by atoms with van der Waals surface area (Å²) in [5.74, 6) is 0.265. The molecule has 1 aliphatic heterocycles. The second-order valence-electron chi connectivity index (χ2n) is 13.9. The first-order valence-corrected chi connectivity index (χ1v) is 19.4. The average molecular weight is 689 g/mol. The van der Waals surface area contributed by atoms with Crippen LogP contribution in [0.5, 0.6) is 0 Å². The van der Waals surface area contributed by atoms with Crippen molar-refractivity contribution in [2.45, 2.75) is 94.9 Å². The number of ether oxygens (including phenoxy) is 1. The van der Waals surface area contributed by atoms with Gasteiger partial charge in [0.15, 0.2) is 0 Å². The van der Waals surface area contributed by atoms with Crippen LogP contribution in [0.3, 0.4) is 0 Å². The molecule has 11 nitrogen and oxygen atoms in total. The van der Waals surface area contributed by atoms with E-state index in [1.807, 2.05) is 30.3 Å². The molecule has 12 heteroatoms. The van der Waals surface area contributed by atoms with Gasteiger partial charge in [-0.25, -0.2) is 12.7 Å². The summed E-state index contributed by atoms with van der Waals surface area (Å²) in [5.41, 5.74) is 0.797. The molecular formula is C36H56N4O7S. The van der Waals surface area contributed by atoms with Crippen LogP contribution in [0.15, 0.2) is 30.3 Å². The van der Waals surface area contributed by atoms with Crippen LogP contribution in [0.4, 0.5) is 0 Å². The van der Waals surface area contributed by atoms with Crippen molar-refractivity contribution in [2.24, 2.45) is 17.8 Å². The Hall–Kier alpha value is -2.53. The molecule has 1 aromatic carbocycles. The Morgan fingerprint density at radius 1 is 1.04 bits per heavy atom. The first-order chi connectivity index (χ1) is 23.1. The minimum absolute atomic E-state index is 0.0187. The lowest BCUT2D eigenvalue weighted by Crippen LogP contribution is -2.56. The highest BCUT2D eigenvalue weighted by Gasteiger charge is 2.40. The summed E-state index contributed by atoms with van der Waals surface area (Å²) in [7, 11) is -2.29. The summed E-state index contributed by atoms with van der Waals surface area (Å²) in [6, 6.07) is 7.37. The van der Waals surface area contributed by atoms with Crippen molar-refractivity contribution < 1.29 is 33.0 Å². The Bertz CT molecular complexity index is 1290. The first-order valence-electron chi connectivity index (χ1n) is 17.8. The lowest BCUT2D eigenvalue weighted by molar-refractivity contribution is -0.132. The number of nitrogens with one attached hydrogen (secondary N) is 2. The molecule has 4 rings (SSSR count). The number of carbonyl (C=O) groups excluding carboxylic acids is 2. The predicted molar refractivity (Wildman–Crippen MR) is 185 cm³/mol. The zero-order valence-corrected chi connectivity index (χ0v) is 29.3. The molecule has 0 aromatic heterocycles. The highest BCUT2D eigenvalue weighted by atomic mass is 32.2. The van der Waals surface area contributed by atoms with E-state index in [2.05, 4.69) is 21.5 Å². The number of carbonyl (C=O) groups is 2. The number of morpholine rings is 1. The van der Waals surface area contributed by atoms with Crippen molar-refractivity contribution in [1.29, 1.82) is 0 Å². The van der Waals surface area contributed by atoms with Crippen LogP contribution in [0.2, 0.25) is 0 Å². The second-order valence-corrected chi connectivity index (χ2v) is 16.1. The van der Waals surface area contributed by atoms with E-state index in [1.54, 1.807) is 0 Å². The Kier molecular flexibility index (Phi) is 15.2. The summed E-state index contributed by atoms with van der Waals surface area (Å²) < 4.78 is 33.8. The van der Waals surface area contributed by atoms with Gasteiger partial charge in [-0.1, -0.05) is 62.4 Å². The number of rotatable bonds is 19. The normalized spacial score (nSPS) is 21.1. The third-order valence-corrected chi connectivity index (χ3v) is 12.1. The second kappa shape index (κ2) is 19.0. The van der Waals surface area contributed by atoms with E-state index in [0.717, 1.165) is 63.7 Å². The summed E-state index contributed by atoms with van der Waals surface area (Å²) in [6.45, 7) is 4.07. The summed E-state index contributed by atoms with van der Waals surface area (Å²) in [4.78, 5) is 29.8. The third kappa shape index (κ3) is 12.1. The molecule has 4 N–H and O–H groups in total. The average Bonchev–Trinajstić information content (AvgIpc) is 3.94. The van der Waals surface area contributed by atoms with Crippen LogP contribution in [-0.4, -0.2) is 116 Å². The van der Waals surface area contributed by atoms with E-state index in [1.165, 1.54) is 17.8 Å². The van der Waals surface area contributed by atoms with Gasteiger partial charge in [0.25, 0.3) is 0 Å². The molecule has 3 unspecified atom stereocenters. The van der Waals surface area contributed by atoms with Gasteiger partial charge < -0.3 is 25.6 Å². The molecule has 0 bridgehead atoms. The van der Waals surface area contributed by atoms with Gasteiger partial charge in [-0.2, -0.15) is 0 Å². The van der Waals surface area contributed by atoms with Crippen molar-refractivity contribution in [1.82, 2.24) is 19.8 Å². The van der Waals surface area contributed by atoms with Gasteiger partial charge >= 0.3 is 0 Å². The van der Waals surface area contributed by atoms with Gasteiger partial charge in [0, 0.05) is 33.1 Å². The number of aliphatic hydroxyl groups is 2. The van der Waals surface area contributed by atoms with Gasteiger partial charge in [0.2, 0.25) is 21.8 Å². The molecule has 0 spiro atoms. The molecule has 48 heavy (non-hydrogen) atoms. The molecule has 1 aromatic rings. The van der Waals surface area contributed by atoms with Crippen molar-refractivity contribution in [3.05, 3.63) is 35.9 Å². The number of terminal acetylenes is 1. The standard InChI is InChI=1S/C36H56N4O7S/c1-3-11-31(36(44)38-32(25-28-14-8-5-9-15-28)34(42)33(41)29-16-17-29)37-35(43)30(24-27-12-6-4-7-13-27)26-48(45,46)39(2)18-10-19-40-20-22-47-23-21-40/h1,4,6-7,12-13,28-34,41-42H,5,8-11,14-26H2,2H3,(H,37,43)(H,38,44)/t30?,31-,32?,33-,34?/m0/s1. The number of hydrogen-bond acceptors (Lipinski definition) is 8. The maximum Gasteiger partial charge on any atom is 0.243 e. The highest BCUT2D eigenvalue weighted by molar-refractivity contribution is 7.89. The summed E-state index contributed by atoms with van der Waals surface area (Å²) >= 11 is 0. The van der Waals surface area contributed by atoms with Crippen LogP contribution in [0.1, 0.15) is 69.8 Å². The fourth-order valence-corrected chi connectivity index (χ4v) is 8.35. The number of sulfonamides is 1. The van der Waals surface area contributed by atoms with Crippen LogP contribution < -0.4 is 10.6 Å². The molecule has 2 amide bonds. The maximum absolute atomic E-state index is 13.8. The van der Waals surface area contributed by atoms with Gasteiger partial charge in [-0.3, -0.25) is 14.5 Å². The lowest BCUT2D eigenvalue weighted by atomic mass is 9.82. The van der Waals surface area contributed by atoms with Crippen LogP contribution in [0.25, 0.3) is 0 Å². The number of benzene rings is 1. The monoisotopic (exact) mass is 688 g/mol. The van der Waals surface area contributed by atoms with Crippen LogP contribution >= 0.6 is 0 Å². The first kappa shape index (κ1) is 38.3. The van der Waals surface area contributed by atoms with E-state index in [-0.39, 0.29) is 18.8 Å². The SMILES string of the molecule is C#CC[C@H](NC(=O)C(Cc1ccccc1)CS(=O)(=O)N(C)CCCN1CCOCC1)C(=O)NC(CC1CCCCC1)C(O)[C@@H](O)C1CC1. The minimum Gasteiger partial charge on any atom is -0.390 e. The largest absolute Gasteiger partial charge is 0.390 e. The Morgan fingerprint density at radius 2 is 1.73 bits per heavy atom. The number of nitrogens with zero attached hydrogens (tertiary/aromatic N) is 2. The molecule has 2 saturated carbocycles. The van der Waals surface area contributed by atoms with Gasteiger partial charge in [0.05, 0.1) is 37.0 Å². The van der Waals surface area contributed by atoms with Crippen LogP contribution in [0, 0.1) is 30.1 Å². The summed E-state index contributed by atoms with van der Waals surface area (Å²) in [5, 5.41) is 27.6. The van der Waals surface area contributed by atoms with Gasteiger partial charge in [0.1, 0.15) is 12.1 Å². The van der Waals surface area contributed by atoms with E-state index in [0.29, 0.717) is 38.5 Å². The zero-order chi connectivity index (χ0) is 34.5. The Balaban J connectivity index is 1.43. The molecule has 3 aliphatic rings.